The van der Waals surface area contributed by atoms with E-state index in [0.29, 0.717) is 0 Å². The molecule has 0 amide bonds. The molecule has 0 aromatic carbocycles. The third-order valence-electron chi connectivity index (χ3n) is 0.142. The summed E-state index contributed by atoms with van der Waals surface area (Å²) in [5, 5.41) is 6.21. The van der Waals surface area contributed by atoms with Gasteiger partial charge in [0.25, 0.3) is 0 Å². The topological polar surface area (TPSA) is 23.9 Å². The van der Waals surface area contributed by atoms with Gasteiger partial charge in [-0.1, -0.05) is 34.8 Å². The maximum Gasteiger partial charge on any atom is 0.233 e. The molecule has 4 heteroatoms. The van der Waals surface area contributed by atoms with Gasteiger partial charge >= 0.3 is 0 Å². The van der Waals surface area contributed by atoms with Gasteiger partial charge in [0, 0.05) is 0 Å². The van der Waals surface area contributed by atoms with Crippen molar-refractivity contribution in [3.63, 3.8) is 0 Å². The molecule has 35 valence electrons. The molecule has 0 aromatic heterocycles. The van der Waals surface area contributed by atoms with Gasteiger partial charge in [-0.05, 0) is 0 Å². The second-order valence-electron chi connectivity index (χ2n) is 0.623. The zero-order valence-electron chi connectivity index (χ0n) is 2.63. The minimum Gasteiger partial charge on any atom is -0.299 e. The highest BCUT2D eigenvalue weighted by Gasteiger charge is 2.14. The van der Waals surface area contributed by atoms with Crippen LogP contribution in [0.15, 0.2) is 0 Å². The van der Waals surface area contributed by atoms with Crippen molar-refractivity contribution >= 4 is 41.0 Å². The first-order valence-corrected chi connectivity index (χ1v) is 2.20. The molecule has 0 atom stereocenters. The van der Waals surface area contributed by atoms with E-state index < -0.39 is 3.79 Å². The second kappa shape index (κ2) is 2.01. The molecule has 0 rings (SSSR count). The fourth-order valence-electron chi connectivity index (χ4n) is 0. The number of nitrogens with one attached hydrogen (secondary N) is 1. The van der Waals surface area contributed by atoms with E-state index >= 15 is 0 Å². The Morgan fingerprint density at radius 1 is 1.33 bits per heavy atom. The summed E-state index contributed by atoms with van der Waals surface area (Å²) >= 11 is 14.8. The fourth-order valence-corrected chi connectivity index (χ4v) is 0. The van der Waals surface area contributed by atoms with E-state index in [-0.39, 0.29) is 0 Å². The Bertz CT molecular complexity index is 54.3. The van der Waals surface area contributed by atoms with Gasteiger partial charge in [-0.3, -0.25) is 5.41 Å². The lowest BCUT2D eigenvalue weighted by molar-refractivity contribution is 1.48. The van der Waals surface area contributed by atoms with Crippen LogP contribution in [0.1, 0.15) is 0 Å². The average Bonchev–Trinajstić information content (AvgIpc) is 1.35. The number of rotatable bonds is 0. The van der Waals surface area contributed by atoms with Gasteiger partial charge in [0.2, 0.25) is 3.79 Å². The Labute approximate surface area is 50.7 Å². The third-order valence-corrected chi connectivity index (χ3v) is 0.425. The van der Waals surface area contributed by atoms with Gasteiger partial charge in [0.05, 0.1) is 0 Å². The van der Waals surface area contributed by atoms with Crippen molar-refractivity contribution in [3.8, 4) is 0 Å². The van der Waals surface area contributed by atoms with Crippen molar-refractivity contribution in [2.45, 2.75) is 3.79 Å². The Hall–Kier alpha value is 0.540. The van der Waals surface area contributed by atoms with Crippen molar-refractivity contribution in [2.75, 3.05) is 0 Å². The van der Waals surface area contributed by atoms with Crippen LogP contribution in [0.2, 0.25) is 0 Å². The van der Waals surface area contributed by atoms with E-state index in [0.717, 1.165) is 0 Å². The Balaban J connectivity index is 3.45. The Morgan fingerprint density at radius 3 is 1.50 bits per heavy atom. The van der Waals surface area contributed by atoms with Crippen molar-refractivity contribution in [1.82, 2.24) is 0 Å². The third kappa shape index (κ3) is 4.54. The van der Waals surface area contributed by atoms with E-state index in [4.69, 9.17) is 40.2 Å². The van der Waals surface area contributed by atoms with Gasteiger partial charge in [0.15, 0.2) is 0 Å². The number of alkyl halides is 3. The smallest absolute Gasteiger partial charge is 0.233 e. The molecule has 0 aliphatic carbocycles. The lowest BCUT2D eigenvalue weighted by Crippen LogP contribution is -2.00. The fraction of sp³-hybridized carbons (Fsp3) is 0.500. The summed E-state index contributed by atoms with van der Waals surface area (Å²) in [6.07, 6.45) is 1.65. The summed E-state index contributed by atoms with van der Waals surface area (Å²) in [7, 11) is 0. The predicted octanol–water partition coefficient (Wildman–Crippen LogP) is 1.88. The number of hydrogen-bond donors (Lipinski definition) is 1. The van der Waals surface area contributed by atoms with Crippen LogP contribution in [0.5, 0.6) is 0 Å². The van der Waals surface area contributed by atoms with Gasteiger partial charge in [-0.15, -0.1) is 0 Å². The highest BCUT2D eigenvalue weighted by atomic mass is 35.6. The highest BCUT2D eigenvalue weighted by Crippen LogP contribution is 2.21. The molecule has 0 saturated carbocycles. The molecule has 0 aromatic rings. The SMILES string of the molecule is N=[C]C(Cl)(Cl)Cl. The normalized spacial score (nSPS) is 11.2. The van der Waals surface area contributed by atoms with Crippen LogP contribution in [-0.4, -0.2) is 10.0 Å². The molecule has 1 radical (unpaired) electrons. The zero-order valence-corrected chi connectivity index (χ0v) is 4.90. The van der Waals surface area contributed by atoms with Gasteiger partial charge in [0.1, 0.15) is 6.21 Å². The van der Waals surface area contributed by atoms with E-state index in [2.05, 4.69) is 0 Å². The lowest BCUT2D eigenvalue weighted by Gasteiger charge is -1.94. The molecule has 1 N–H and O–H groups in total. The first kappa shape index (κ1) is 6.54. The van der Waals surface area contributed by atoms with Crippen molar-refractivity contribution in [1.29, 1.82) is 5.41 Å². The first-order valence-electron chi connectivity index (χ1n) is 1.07. The molecule has 1 nitrogen and oxygen atoms in total. The van der Waals surface area contributed by atoms with Crippen molar-refractivity contribution in [3.05, 3.63) is 0 Å². The molecule has 0 bridgehead atoms. The van der Waals surface area contributed by atoms with Gasteiger partial charge in [-0.2, -0.15) is 0 Å². The quantitative estimate of drug-likeness (QED) is 0.398. The van der Waals surface area contributed by atoms with Gasteiger partial charge in [-0.25, -0.2) is 0 Å². The molecule has 6 heavy (non-hydrogen) atoms. The zero-order chi connectivity index (χ0) is 5.21. The minimum atomic E-state index is -1.62. The standard InChI is InChI=1S/C2HCl3N/c3-2(4,5)1-6/h6H. The first-order chi connectivity index (χ1) is 2.56. The van der Waals surface area contributed by atoms with Crippen LogP contribution in [0.25, 0.3) is 0 Å². The summed E-state index contributed by atoms with van der Waals surface area (Å²) in [5.74, 6) is 0. The van der Waals surface area contributed by atoms with Crippen LogP contribution >= 0.6 is 34.8 Å². The highest BCUT2D eigenvalue weighted by molar-refractivity contribution is 6.74. The van der Waals surface area contributed by atoms with E-state index in [9.17, 15) is 0 Å². The van der Waals surface area contributed by atoms with E-state index in [1.165, 1.54) is 0 Å². The molecule has 0 aliphatic heterocycles. The molecule has 0 heterocycles. The molecular weight excluding hydrogens is 144 g/mol. The van der Waals surface area contributed by atoms with Crippen LogP contribution in [0.4, 0.5) is 0 Å². The van der Waals surface area contributed by atoms with Gasteiger partial charge < -0.3 is 0 Å². The minimum absolute atomic E-state index is 1.62. The van der Waals surface area contributed by atoms with Crippen LogP contribution in [0, 0.1) is 5.41 Å². The monoisotopic (exact) mass is 144 g/mol. The van der Waals surface area contributed by atoms with E-state index in [1.807, 2.05) is 0 Å². The van der Waals surface area contributed by atoms with Crippen molar-refractivity contribution in [2.24, 2.45) is 0 Å². The number of halogens is 3. The summed E-state index contributed by atoms with van der Waals surface area (Å²) < 4.78 is -1.62. The summed E-state index contributed by atoms with van der Waals surface area (Å²) in [6, 6.07) is 0. The lowest BCUT2D eigenvalue weighted by atomic mass is 10.9. The van der Waals surface area contributed by atoms with Crippen LogP contribution in [-0.2, 0) is 0 Å². The maximum atomic E-state index is 6.21. The van der Waals surface area contributed by atoms with Crippen LogP contribution < -0.4 is 0 Å². The molecule has 0 aliphatic rings. The number of hydrogen-bond acceptors (Lipinski definition) is 1. The summed E-state index contributed by atoms with van der Waals surface area (Å²) in [4.78, 5) is 0. The van der Waals surface area contributed by atoms with E-state index in [1.54, 1.807) is 6.21 Å². The molecule has 0 spiro atoms. The van der Waals surface area contributed by atoms with Crippen LogP contribution in [0.3, 0.4) is 0 Å². The molecular formula is C2HCl3N. The van der Waals surface area contributed by atoms with Crippen molar-refractivity contribution < 1.29 is 0 Å². The summed E-state index contributed by atoms with van der Waals surface area (Å²) in [6.45, 7) is 0. The summed E-state index contributed by atoms with van der Waals surface area (Å²) in [5.41, 5.74) is 0. The molecule has 0 unspecified atom stereocenters. The largest absolute Gasteiger partial charge is 0.299 e. The second-order valence-corrected chi connectivity index (χ2v) is 2.90. The average molecular weight is 145 g/mol. The Kier molecular flexibility index (Phi) is 2.19. The molecule has 0 saturated heterocycles. The molecule has 0 fully saturated rings. The Morgan fingerprint density at radius 2 is 1.50 bits per heavy atom. The predicted molar refractivity (Wildman–Crippen MR) is 28.0 cm³/mol. The maximum absolute atomic E-state index is 6.21.